The molecule has 6 aromatic carbocycles. The summed E-state index contributed by atoms with van der Waals surface area (Å²) >= 11 is 0. The molecule has 2 aromatic heterocycles. The Morgan fingerprint density at radius 1 is 0.524 bits per heavy atom. The normalized spacial score (nSPS) is 11.5. The third kappa shape index (κ3) is 3.61. The van der Waals surface area contributed by atoms with E-state index in [4.69, 9.17) is 5.73 Å². The minimum absolute atomic E-state index is 0.667. The van der Waals surface area contributed by atoms with Crippen molar-refractivity contribution in [1.82, 2.24) is 9.13 Å². The van der Waals surface area contributed by atoms with E-state index in [-0.39, 0.29) is 0 Å². The van der Waals surface area contributed by atoms with E-state index in [1.165, 1.54) is 10.9 Å². The number of anilines is 1. The van der Waals surface area contributed by atoms with Crippen LogP contribution in [0.1, 0.15) is 11.1 Å². The first kappa shape index (κ1) is 24.0. The Labute approximate surface area is 243 Å². The van der Waals surface area contributed by atoms with Gasteiger partial charge in [0.15, 0.2) is 0 Å². The van der Waals surface area contributed by atoms with Gasteiger partial charge < -0.3 is 14.9 Å². The average Bonchev–Trinajstić information content (AvgIpc) is 3.53. The molecule has 2 heterocycles. The summed E-state index contributed by atoms with van der Waals surface area (Å²) in [6.45, 7) is 2.15. The second kappa shape index (κ2) is 9.12. The maximum absolute atomic E-state index is 9.55. The smallest absolute Gasteiger partial charge is 0.0991 e. The molecule has 4 heteroatoms. The number of fused-ring (bicyclic) bond motifs is 6. The molecule has 0 atom stereocenters. The fourth-order valence-electron chi connectivity index (χ4n) is 6.47. The van der Waals surface area contributed by atoms with Gasteiger partial charge in [-0.15, -0.1) is 0 Å². The maximum Gasteiger partial charge on any atom is 0.0991 e. The van der Waals surface area contributed by atoms with E-state index < -0.39 is 0 Å². The van der Waals surface area contributed by atoms with Crippen LogP contribution in [0, 0.1) is 18.3 Å². The van der Waals surface area contributed by atoms with Crippen molar-refractivity contribution in [2.45, 2.75) is 6.92 Å². The molecule has 8 rings (SSSR count). The molecule has 0 unspecified atom stereocenters. The van der Waals surface area contributed by atoms with Crippen LogP contribution in [0.2, 0.25) is 0 Å². The number of para-hydroxylation sites is 2. The van der Waals surface area contributed by atoms with E-state index in [1.54, 1.807) is 0 Å². The van der Waals surface area contributed by atoms with Gasteiger partial charge in [0.1, 0.15) is 0 Å². The van der Waals surface area contributed by atoms with Crippen molar-refractivity contribution in [3.8, 4) is 28.6 Å². The third-order valence-corrected chi connectivity index (χ3v) is 8.26. The van der Waals surface area contributed by atoms with Crippen LogP contribution >= 0.6 is 0 Å². The molecule has 2 N–H and O–H groups in total. The van der Waals surface area contributed by atoms with E-state index in [2.05, 4.69) is 131 Å². The van der Waals surface area contributed by atoms with Crippen molar-refractivity contribution in [1.29, 1.82) is 5.26 Å². The Bertz CT molecular complexity index is 2400. The quantitative estimate of drug-likeness (QED) is 0.228. The largest absolute Gasteiger partial charge is 0.399 e. The summed E-state index contributed by atoms with van der Waals surface area (Å²) in [5.41, 5.74) is 17.8. The van der Waals surface area contributed by atoms with Crippen molar-refractivity contribution in [2.75, 3.05) is 5.73 Å². The number of nitrogens with two attached hydrogens (primary N) is 1. The first-order valence-electron chi connectivity index (χ1n) is 14.0. The van der Waals surface area contributed by atoms with Gasteiger partial charge in [-0.3, -0.25) is 0 Å². The van der Waals surface area contributed by atoms with Crippen LogP contribution in [0.25, 0.3) is 66.1 Å². The van der Waals surface area contributed by atoms with Crippen molar-refractivity contribution < 1.29 is 0 Å². The molecule has 0 bridgehead atoms. The number of aromatic nitrogens is 2. The lowest BCUT2D eigenvalue weighted by Gasteiger charge is -2.14. The van der Waals surface area contributed by atoms with Gasteiger partial charge in [0, 0.05) is 38.6 Å². The van der Waals surface area contributed by atoms with Crippen molar-refractivity contribution in [2.24, 2.45) is 0 Å². The standard InChI is InChI=1S/C38H26N4/c1-24-17-27(21-30(18-24)42-36-12-5-2-9-31(36)33-19-25(23-39)13-15-37(33)42)26-7-6-8-29(20-26)41-35-11-4-3-10-32(35)34-22-28(40)14-16-38(34)41/h2-22H,40H2,1H3. The zero-order chi connectivity index (χ0) is 28.4. The molecular formula is C38H26N4. The molecule has 42 heavy (non-hydrogen) atoms. The number of nitrogens with zero attached hydrogens (tertiary/aromatic N) is 3. The van der Waals surface area contributed by atoms with Crippen molar-refractivity contribution >= 4 is 49.3 Å². The number of nitrogen functional groups attached to an aromatic ring is 1. The molecule has 0 saturated heterocycles. The van der Waals surface area contributed by atoms with Crippen LogP contribution in [-0.4, -0.2) is 9.13 Å². The van der Waals surface area contributed by atoms with Crippen LogP contribution < -0.4 is 5.73 Å². The van der Waals surface area contributed by atoms with Gasteiger partial charge in [-0.2, -0.15) is 5.26 Å². The Morgan fingerprint density at radius 2 is 1.14 bits per heavy atom. The fourth-order valence-corrected chi connectivity index (χ4v) is 6.47. The molecule has 198 valence electrons. The van der Waals surface area contributed by atoms with Crippen LogP contribution in [0.5, 0.6) is 0 Å². The zero-order valence-corrected chi connectivity index (χ0v) is 23.0. The molecule has 0 amide bonds. The van der Waals surface area contributed by atoms with Crippen LogP contribution in [0.15, 0.2) is 127 Å². The number of hydrogen-bond acceptors (Lipinski definition) is 2. The Morgan fingerprint density at radius 3 is 1.88 bits per heavy atom. The van der Waals surface area contributed by atoms with Gasteiger partial charge in [-0.25, -0.2) is 0 Å². The molecule has 0 spiro atoms. The SMILES string of the molecule is Cc1cc(-c2cccc(-n3c4ccccc4c4cc(N)ccc43)c2)cc(-n2c3ccccc3c3cc(C#N)ccc32)c1. The number of aryl methyl sites for hydroxylation is 1. The zero-order valence-electron chi connectivity index (χ0n) is 23.0. The average molecular weight is 539 g/mol. The second-order valence-electron chi connectivity index (χ2n) is 10.9. The van der Waals surface area contributed by atoms with Gasteiger partial charge in [0.05, 0.1) is 33.7 Å². The highest BCUT2D eigenvalue weighted by Gasteiger charge is 2.16. The van der Waals surface area contributed by atoms with Crippen molar-refractivity contribution in [3.05, 3.63) is 139 Å². The molecule has 0 aliphatic carbocycles. The highest BCUT2D eigenvalue weighted by atomic mass is 15.0. The monoisotopic (exact) mass is 538 g/mol. The minimum Gasteiger partial charge on any atom is -0.399 e. The van der Waals surface area contributed by atoms with Gasteiger partial charge in [-0.05, 0) is 96.4 Å². The third-order valence-electron chi connectivity index (χ3n) is 8.26. The second-order valence-corrected chi connectivity index (χ2v) is 10.9. The summed E-state index contributed by atoms with van der Waals surface area (Å²) in [5, 5.41) is 14.1. The number of nitriles is 1. The van der Waals surface area contributed by atoms with Gasteiger partial charge >= 0.3 is 0 Å². The Hall–Kier alpha value is -5.79. The van der Waals surface area contributed by atoms with Crippen molar-refractivity contribution in [3.63, 3.8) is 0 Å². The van der Waals surface area contributed by atoms with E-state index in [0.717, 1.165) is 66.4 Å². The lowest BCUT2D eigenvalue weighted by molar-refractivity contribution is 1.17. The van der Waals surface area contributed by atoms with Crippen LogP contribution in [-0.2, 0) is 0 Å². The molecule has 0 saturated carbocycles. The Kier molecular flexibility index (Phi) is 5.22. The summed E-state index contributed by atoms with van der Waals surface area (Å²) in [7, 11) is 0. The van der Waals surface area contributed by atoms with Crippen LogP contribution in [0.4, 0.5) is 5.69 Å². The molecular weight excluding hydrogens is 512 g/mol. The maximum atomic E-state index is 9.55. The van der Waals surface area contributed by atoms with Gasteiger partial charge in [0.2, 0.25) is 0 Å². The number of benzene rings is 6. The molecule has 4 nitrogen and oxygen atoms in total. The molecule has 0 fully saturated rings. The van der Waals surface area contributed by atoms with E-state index in [0.29, 0.717) is 5.56 Å². The predicted molar refractivity (Wildman–Crippen MR) is 174 cm³/mol. The summed E-state index contributed by atoms with van der Waals surface area (Å²) in [5.74, 6) is 0. The lowest BCUT2D eigenvalue weighted by Crippen LogP contribution is -1.97. The van der Waals surface area contributed by atoms with E-state index in [1.807, 2.05) is 18.2 Å². The predicted octanol–water partition coefficient (Wildman–Crippen LogP) is 9.31. The number of hydrogen-bond donors (Lipinski definition) is 1. The first-order chi connectivity index (χ1) is 20.6. The number of rotatable bonds is 3. The van der Waals surface area contributed by atoms with E-state index in [9.17, 15) is 5.26 Å². The highest BCUT2D eigenvalue weighted by Crippen LogP contribution is 2.37. The highest BCUT2D eigenvalue weighted by molar-refractivity contribution is 6.11. The van der Waals surface area contributed by atoms with Crippen LogP contribution in [0.3, 0.4) is 0 Å². The molecule has 8 aromatic rings. The summed E-state index contributed by atoms with van der Waals surface area (Å²) in [6.07, 6.45) is 0. The summed E-state index contributed by atoms with van der Waals surface area (Å²) in [4.78, 5) is 0. The topological polar surface area (TPSA) is 59.7 Å². The summed E-state index contributed by atoms with van der Waals surface area (Å²) < 4.78 is 4.63. The molecule has 0 aliphatic rings. The Balaban J connectivity index is 1.33. The van der Waals surface area contributed by atoms with Gasteiger partial charge in [0.25, 0.3) is 0 Å². The van der Waals surface area contributed by atoms with E-state index >= 15 is 0 Å². The molecule has 0 aliphatic heterocycles. The first-order valence-corrected chi connectivity index (χ1v) is 14.0. The minimum atomic E-state index is 0.667. The summed E-state index contributed by atoms with van der Waals surface area (Å²) in [6, 6.07) is 46.8. The lowest BCUT2D eigenvalue weighted by atomic mass is 10.0. The molecule has 0 radical (unpaired) electrons. The van der Waals surface area contributed by atoms with Gasteiger partial charge in [-0.1, -0.05) is 54.6 Å². The fraction of sp³-hybridized carbons (Fsp3) is 0.0263.